The molecular weight excluding hydrogens is 289 g/mol. The fraction of sp³-hybridized carbons (Fsp3) is 0.294. The van der Waals surface area contributed by atoms with Crippen molar-refractivity contribution in [2.24, 2.45) is 0 Å². The van der Waals surface area contributed by atoms with Crippen molar-refractivity contribution in [3.8, 4) is 0 Å². The number of nitrogens with one attached hydrogen (secondary N) is 1. The highest BCUT2D eigenvalue weighted by Crippen LogP contribution is 2.29. The van der Waals surface area contributed by atoms with Gasteiger partial charge in [0, 0.05) is 16.1 Å². The second-order valence-corrected chi connectivity index (χ2v) is 5.73. The molecule has 0 spiro atoms. The lowest BCUT2D eigenvalue weighted by molar-refractivity contribution is 0.527. The SMILES string of the molecule is CNC(CCCc1ccccc1)c1cc(Cl)ccc1Cl. The quantitative estimate of drug-likeness (QED) is 0.766. The molecule has 0 saturated heterocycles. The molecule has 0 aliphatic carbocycles. The summed E-state index contributed by atoms with van der Waals surface area (Å²) < 4.78 is 0. The lowest BCUT2D eigenvalue weighted by Gasteiger charge is -2.18. The first-order chi connectivity index (χ1) is 9.70. The summed E-state index contributed by atoms with van der Waals surface area (Å²) in [6.45, 7) is 0. The summed E-state index contributed by atoms with van der Waals surface area (Å²) in [6.07, 6.45) is 3.22. The highest BCUT2D eigenvalue weighted by molar-refractivity contribution is 6.33. The molecule has 1 unspecified atom stereocenters. The smallest absolute Gasteiger partial charge is 0.0454 e. The van der Waals surface area contributed by atoms with Crippen molar-refractivity contribution in [3.05, 3.63) is 69.7 Å². The Morgan fingerprint density at radius 3 is 2.50 bits per heavy atom. The van der Waals surface area contributed by atoms with Crippen LogP contribution in [0.5, 0.6) is 0 Å². The topological polar surface area (TPSA) is 12.0 Å². The molecule has 0 fully saturated rings. The van der Waals surface area contributed by atoms with E-state index in [4.69, 9.17) is 23.2 Å². The van der Waals surface area contributed by atoms with Gasteiger partial charge in [-0.05, 0) is 55.6 Å². The number of hydrogen-bond donors (Lipinski definition) is 1. The molecule has 0 aliphatic rings. The van der Waals surface area contributed by atoms with E-state index in [0.717, 1.165) is 34.9 Å². The Labute approximate surface area is 130 Å². The van der Waals surface area contributed by atoms with Crippen molar-refractivity contribution in [3.63, 3.8) is 0 Å². The van der Waals surface area contributed by atoms with Crippen LogP contribution in [0.2, 0.25) is 10.0 Å². The molecule has 0 aromatic heterocycles. The molecule has 0 aliphatic heterocycles. The molecular formula is C17H19Cl2N. The third kappa shape index (κ3) is 4.24. The molecule has 0 saturated carbocycles. The molecule has 0 radical (unpaired) electrons. The number of rotatable bonds is 6. The van der Waals surface area contributed by atoms with Crippen molar-refractivity contribution in [2.75, 3.05) is 7.05 Å². The monoisotopic (exact) mass is 307 g/mol. The Kier molecular flexibility index (Phi) is 5.90. The molecule has 1 nitrogen and oxygen atoms in total. The van der Waals surface area contributed by atoms with E-state index in [1.54, 1.807) is 0 Å². The molecule has 0 heterocycles. The van der Waals surface area contributed by atoms with Crippen LogP contribution < -0.4 is 5.32 Å². The van der Waals surface area contributed by atoms with Crippen molar-refractivity contribution < 1.29 is 0 Å². The van der Waals surface area contributed by atoms with E-state index < -0.39 is 0 Å². The number of hydrogen-bond acceptors (Lipinski definition) is 1. The normalized spacial score (nSPS) is 12.3. The zero-order valence-corrected chi connectivity index (χ0v) is 13.1. The van der Waals surface area contributed by atoms with E-state index in [-0.39, 0.29) is 6.04 Å². The predicted molar refractivity (Wildman–Crippen MR) is 87.6 cm³/mol. The molecule has 2 aromatic rings. The minimum Gasteiger partial charge on any atom is -0.313 e. The van der Waals surface area contributed by atoms with E-state index in [0.29, 0.717) is 0 Å². The van der Waals surface area contributed by atoms with Crippen LogP contribution in [-0.4, -0.2) is 7.05 Å². The predicted octanol–water partition coefficient (Wildman–Crippen LogP) is 5.28. The van der Waals surface area contributed by atoms with Gasteiger partial charge in [0.2, 0.25) is 0 Å². The lowest BCUT2D eigenvalue weighted by atomic mass is 9.99. The molecule has 0 bridgehead atoms. The van der Waals surface area contributed by atoms with Gasteiger partial charge in [-0.3, -0.25) is 0 Å². The zero-order valence-electron chi connectivity index (χ0n) is 11.6. The average Bonchev–Trinajstić information content (AvgIpc) is 2.48. The molecule has 20 heavy (non-hydrogen) atoms. The van der Waals surface area contributed by atoms with Gasteiger partial charge < -0.3 is 5.32 Å². The van der Waals surface area contributed by atoms with Crippen LogP contribution in [0.1, 0.15) is 30.0 Å². The van der Waals surface area contributed by atoms with Gasteiger partial charge in [0.05, 0.1) is 0 Å². The summed E-state index contributed by atoms with van der Waals surface area (Å²) in [6, 6.07) is 16.4. The third-order valence-electron chi connectivity index (χ3n) is 3.48. The van der Waals surface area contributed by atoms with Crippen LogP contribution in [-0.2, 0) is 6.42 Å². The highest BCUT2D eigenvalue weighted by atomic mass is 35.5. The van der Waals surface area contributed by atoms with Crippen molar-refractivity contribution in [2.45, 2.75) is 25.3 Å². The second kappa shape index (κ2) is 7.68. The van der Waals surface area contributed by atoms with E-state index in [2.05, 4.69) is 29.6 Å². The van der Waals surface area contributed by atoms with Crippen LogP contribution in [0.3, 0.4) is 0 Å². The van der Waals surface area contributed by atoms with E-state index in [1.165, 1.54) is 5.56 Å². The van der Waals surface area contributed by atoms with Crippen LogP contribution in [0.4, 0.5) is 0 Å². The third-order valence-corrected chi connectivity index (χ3v) is 4.06. The maximum Gasteiger partial charge on any atom is 0.0454 e. The molecule has 2 aromatic carbocycles. The van der Waals surface area contributed by atoms with Gasteiger partial charge in [0.1, 0.15) is 0 Å². The maximum absolute atomic E-state index is 6.27. The van der Waals surface area contributed by atoms with Gasteiger partial charge >= 0.3 is 0 Å². The molecule has 1 N–H and O–H groups in total. The average molecular weight is 308 g/mol. The van der Waals surface area contributed by atoms with Gasteiger partial charge in [0.25, 0.3) is 0 Å². The summed E-state index contributed by atoms with van der Waals surface area (Å²) in [5, 5.41) is 4.83. The Morgan fingerprint density at radius 2 is 1.80 bits per heavy atom. The van der Waals surface area contributed by atoms with Crippen molar-refractivity contribution in [1.82, 2.24) is 5.32 Å². The molecule has 3 heteroatoms. The first-order valence-corrected chi connectivity index (χ1v) is 7.62. The number of benzene rings is 2. The van der Waals surface area contributed by atoms with Gasteiger partial charge in [-0.2, -0.15) is 0 Å². The fourth-order valence-corrected chi connectivity index (χ4v) is 2.82. The second-order valence-electron chi connectivity index (χ2n) is 4.88. The lowest BCUT2D eigenvalue weighted by Crippen LogP contribution is -2.17. The summed E-state index contributed by atoms with van der Waals surface area (Å²) in [5.74, 6) is 0. The zero-order chi connectivity index (χ0) is 14.4. The molecule has 1 atom stereocenters. The van der Waals surface area contributed by atoms with Gasteiger partial charge in [-0.25, -0.2) is 0 Å². The Morgan fingerprint density at radius 1 is 1.05 bits per heavy atom. The van der Waals surface area contributed by atoms with Crippen LogP contribution in [0, 0.1) is 0 Å². The van der Waals surface area contributed by atoms with E-state index in [1.807, 2.05) is 31.3 Å². The maximum atomic E-state index is 6.27. The Balaban J connectivity index is 1.97. The summed E-state index contributed by atoms with van der Waals surface area (Å²) >= 11 is 12.3. The molecule has 2 rings (SSSR count). The van der Waals surface area contributed by atoms with E-state index in [9.17, 15) is 0 Å². The number of halogens is 2. The molecule has 106 valence electrons. The van der Waals surface area contributed by atoms with Gasteiger partial charge in [0.15, 0.2) is 0 Å². The van der Waals surface area contributed by atoms with E-state index >= 15 is 0 Å². The summed E-state index contributed by atoms with van der Waals surface area (Å²) in [4.78, 5) is 0. The first-order valence-electron chi connectivity index (χ1n) is 6.87. The fourth-order valence-electron chi connectivity index (χ4n) is 2.39. The van der Waals surface area contributed by atoms with Gasteiger partial charge in [-0.15, -0.1) is 0 Å². The standard InChI is InChI=1S/C17H19Cl2N/c1-20-17(15-12-14(18)10-11-16(15)19)9-5-8-13-6-3-2-4-7-13/h2-4,6-7,10-12,17,20H,5,8-9H2,1H3. The number of aryl methyl sites for hydroxylation is 1. The minimum atomic E-state index is 0.241. The van der Waals surface area contributed by atoms with Crippen LogP contribution in [0.15, 0.2) is 48.5 Å². The van der Waals surface area contributed by atoms with Crippen LogP contribution >= 0.6 is 23.2 Å². The highest BCUT2D eigenvalue weighted by Gasteiger charge is 2.13. The Hall–Kier alpha value is -1.02. The minimum absolute atomic E-state index is 0.241. The summed E-state index contributed by atoms with van der Waals surface area (Å²) in [7, 11) is 1.96. The molecule has 0 amide bonds. The largest absolute Gasteiger partial charge is 0.313 e. The summed E-state index contributed by atoms with van der Waals surface area (Å²) in [5.41, 5.74) is 2.45. The van der Waals surface area contributed by atoms with Crippen LogP contribution in [0.25, 0.3) is 0 Å². The van der Waals surface area contributed by atoms with Gasteiger partial charge in [-0.1, -0.05) is 53.5 Å². The van der Waals surface area contributed by atoms with Crippen molar-refractivity contribution in [1.29, 1.82) is 0 Å². The first kappa shape index (κ1) is 15.4. The van der Waals surface area contributed by atoms with Crippen molar-refractivity contribution >= 4 is 23.2 Å². The Bertz CT molecular complexity index is 540.